The lowest BCUT2D eigenvalue weighted by Gasteiger charge is -2.37. The van der Waals surface area contributed by atoms with E-state index in [1.165, 1.54) is 5.75 Å². The molecule has 5 heteroatoms. The fourth-order valence-electron chi connectivity index (χ4n) is 2.71. The van der Waals surface area contributed by atoms with Gasteiger partial charge in [-0.2, -0.15) is 11.8 Å². The molecule has 1 spiro atoms. The van der Waals surface area contributed by atoms with Crippen molar-refractivity contribution >= 4 is 11.8 Å². The Morgan fingerprint density at radius 3 is 3.16 bits per heavy atom. The van der Waals surface area contributed by atoms with Crippen LogP contribution < -0.4 is 4.74 Å². The number of hydrogen-bond acceptors (Lipinski definition) is 5. The molecule has 4 nitrogen and oxygen atoms in total. The van der Waals surface area contributed by atoms with Gasteiger partial charge in [-0.05, 0) is 24.3 Å². The van der Waals surface area contributed by atoms with Crippen molar-refractivity contribution in [1.82, 2.24) is 4.98 Å². The third-order valence-electron chi connectivity index (χ3n) is 3.78. The van der Waals surface area contributed by atoms with Gasteiger partial charge in [-0.15, -0.1) is 0 Å². The number of rotatable bonds is 3. The van der Waals surface area contributed by atoms with Crippen molar-refractivity contribution < 1.29 is 14.6 Å². The Labute approximate surface area is 117 Å². The monoisotopic (exact) mass is 281 g/mol. The first kappa shape index (κ1) is 13.2. The van der Waals surface area contributed by atoms with Gasteiger partial charge in [0.2, 0.25) is 0 Å². The molecule has 2 unspecified atom stereocenters. The van der Waals surface area contributed by atoms with Gasteiger partial charge >= 0.3 is 0 Å². The van der Waals surface area contributed by atoms with Crippen molar-refractivity contribution in [2.24, 2.45) is 0 Å². The van der Waals surface area contributed by atoms with Crippen LogP contribution in [-0.4, -0.2) is 39.9 Å². The second kappa shape index (κ2) is 5.69. The van der Waals surface area contributed by atoms with E-state index >= 15 is 0 Å². The number of nitrogens with zero attached hydrogens (tertiary/aromatic N) is 1. The van der Waals surface area contributed by atoms with E-state index in [9.17, 15) is 0 Å². The maximum Gasteiger partial charge on any atom is 0.138 e. The summed E-state index contributed by atoms with van der Waals surface area (Å²) < 4.78 is 12.0. The number of aliphatic hydroxyl groups excluding tert-OH is 1. The van der Waals surface area contributed by atoms with E-state index in [4.69, 9.17) is 14.6 Å². The fraction of sp³-hybridized carbons (Fsp3) is 0.643. The molecule has 3 heterocycles. The van der Waals surface area contributed by atoms with Gasteiger partial charge in [0, 0.05) is 18.6 Å². The zero-order chi connectivity index (χ0) is 13.1. The molecule has 0 amide bonds. The molecule has 2 saturated heterocycles. The largest absolute Gasteiger partial charge is 0.489 e. The highest BCUT2D eigenvalue weighted by Gasteiger charge is 2.41. The highest BCUT2D eigenvalue weighted by atomic mass is 32.2. The van der Waals surface area contributed by atoms with Crippen LogP contribution in [0.1, 0.15) is 25.0 Å². The molecular weight excluding hydrogens is 262 g/mol. The topological polar surface area (TPSA) is 51.6 Å². The number of hydrogen-bond donors (Lipinski definition) is 1. The molecule has 3 rings (SSSR count). The van der Waals surface area contributed by atoms with Crippen molar-refractivity contribution in [3.8, 4) is 5.75 Å². The van der Waals surface area contributed by atoms with Crippen LogP contribution in [-0.2, 0) is 11.3 Å². The fourth-order valence-corrected chi connectivity index (χ4v) is 4.09. The maximum absolute atomic E-state index is 8.97. The zero-order valence-electron chi connectivity index (χ0n) is 10.9. The van der Waals surface area contributed by atoms with Gasteiger partial charge < -0.3 is 14.6 Å². The molecule has 2 fully saturated rings. The number of aliphatic hydroxyl groups is 1. The first-order valence-electron chi connectivity index (χ1n) is 6.74. The Hall–Kier alpha value is -0.780. The van der Waals surface area contributed by atoms with Crippen LogP contribution in [0.5, 0.6) is 5.75 Å². The van der Waals surface area contributed by atoms with E-state index in [-0.39, 0.29) is 18.3 Å². The quantitative estimate of drug-likeness (QED) is 0.918. The van der Waals surface area contributed by atoms with Gasteiger partial charge in [0.25, 0.3) is 0 Å². The predicted molar refractivity (Wildman–Crippen MR) is 74.4 cm³/mol. The van der Waals surface area contributed by atoms with Crippen LogP contribution in [0.2, 0.25) is 0 Å². The lowest BCUT2D eigenvalue weighted by atomic mass is 9.91. The van der Waals surface area contributed by atoms with Crippen molar-refractivity contribution in [3.05, 3.63) is 24.0 Å². The molecular formula is C14H19NO3S. The summed E-state index contributed by atoms with van der Waals surface area (Å²) in [5, 5.41) is 8.97. The minimum atomic E-state index is -0.0299. The summed E-state index contributed by atoms with van der Waals surface area (Å²) in [5.74, 6) is 3.07. The molecule has 2 atom stereocenters. The molecule has 0 bridgehead atoms. The molecule has 19 heavy (non-hydrogen) atoms. The van der Waals surface area contributed by atoms with E-state index in [2.05, 4.69) is 4.98 Å². The van der Waals surface area contributed by atoms with Crippen molar-refractivity contribution in [3.63, 3.8) is 0 Å². The molecule has 1 aromatic heterocycles. The van der Waals surface area contributed by atoms with Gasteiger partial charge in [-0.25, -0.2) is 0 Å². The Balaban J connectivity index is 1.62. The third kappa shape index (κ3) is 3.04. The molecule has 104 valence electrons. The van der Waals surface area contributed by atoms with Crippen molar-refractivity contribution in [2.75, 3.05) is 18.1 Å². The molecule has 2 aliphatic rings. The Kier molecular flexibility index (Phi) is 3.96. The number of thioether (sulfide) groups is 1. The summed E-state index contributed by atoms with van der Waals surface area (Å²) in [6.45, 7) is 0.755. The van der Waals surface area contributed by atoms with Gasteiger partial charge in [-0.1, -0.05) is 0 Å². The van der Waals surface area contributed by atoms with Crippen LogP contribution in [0.25, 0.3) is 0 Å². The van der Waals surface area contributed by atoms with Crippen LogP contribution in [0.4, 0.5) is 0 Å². The average molecular weight is 281 g/mol. The van der Waals surface area contributed by atoms with E-state index in [1.54, 1.807) is 12.3 Å². The van der Waals surface area contributed by atoms with E-state index in [0.717, 1.165) is 37.4 Å². The van der Waals surface area contributed by atoms with Crippen LogP contribution >= 0.6 is 11.8 Å². The number of pyridine rings is 1. The third-order valence-corrected chi connectivity index (χ3v) is 5.00. The minimum Gasteiger partial charge on any atom is -0.489 e. The second-order valence-corrected chi connectivity index (χ2v) is 6.32. The van der Waals surface area contributed by atoms with Gasteiger partial charge in [0.1, 0.15) is 11.9 Å². The summed E-state index contributed by atoms with van der Waals surface area (Å²) in [4.78, 5) is 4.14. The first-order chi connectivity index (χ1) is 9.30. The Bertz CT molecular complexity index is 417. The van der Waals surface area contributed by atoms with Gasteiger partial charge in [-0.3, -0.25) is 4.98 Å². The lowest BCUT2D eigenvalue weighted by Crippen LogP contribution is -2.43. The average Bonchev–Trinajstić information content (AvgIpc) is 2.88. The molecule has 1 N–H and O–H groups in total. The van der Waals surface area contributed by atoms with Crippen LogP contribution in [0, 0.1) is 0 Å². The van der Waals surface area contributed by atoms with E-state index in [1.807, 2.05) is 17.8 Å². The number of aromatic nitrogens is 1. The molecule has 0 aliphatic carbocycles. The highest BCUT2D eigenvalue weighted by molar-refractivity contribution is 7.99. The summed E-state index contributed by atoms with van der Waals surface area (Å²) in [6.07, 6.45) is 4.96. The minimum absolute atomic E-state index is 0.0299. The normalized spacial score (nSPS) is 30.7. The van der Waals surface area contributed by atoms with Crippen LogP contribution in [0.3, 0.4) is 0 Å². The molecule has 1 aromatic rings. The maximum atomic E-state index is 8.97. The zero-order valence-corrected chi connectivity index (χ0v) is 11.7. The number of ether oxygens (including phenoxy) is 2. The van der Waals surface area contributed by atoms with E-state index < -0.39 is 0 Å². The van der Waals surface area contributed by atoms with E-state index in [0.29, 0.717) is 5.69 Å². The van der Waals surface area contributed by atoms with Crippen LogP contribution in [0.15, 0.2) is 18.3 Å². The SMILES string of the molecule is OCc1ccc(OC2CCOC3(CCSC3)C2)cn1. The molecule has 0 saturated carbocycles. The second-order valence-electron chi connectivity index (χ2n) is 5.21. The molecule has 0 aromatic carbocycles. The van der Waals surface area contributed by atoms with Crippen molar-refractivity contribution in [2.45, 2.75) is 37.6 Å². The molecule has 2 aliphatic heterocycles. The summed E-state index contributed by atoms with van der Waals surface area (Å²) in [5.41, 5.74) is 0.717. The highest BCUT2D eigenvalue weighted by Crippen LogP contribution is 2.39. The smallest absolute Gasteiger partial charge is 0.138 e. The summed E-state index contributed by atoms with van der Waals surface area (Å²) in [6, 6.07) is 3.68. The summed E-state index contributed by atoms with van der Waals surface area (Å²) in [7, 11) is 0. The predicted octanol–water partition coefficient (Wildman–Crippen LogP) is 2.01. The summed E-state index contributed by atoms with van der Waals surface area (Å²) >= 11 is 1.97. The Morgan fingerprint density at radius 1 is 1.53 bits per heavy atom. The first-order valence-corrected chi connectivity index (χ1v) is 7.89. The Morgan fingerprint density at radius 2 is 2.47 bits per heavy atom. The lowest BCUT2D eigenvalue weighted by molar-refractivity contribution is -0.0959. The standard InChI is InChI=1S/C14H19NO3S/c16-9-11-1-2-13(8-15-11)18-12-3-5-17-14(7-12)4-6-19-10-14/h1-2,8,12,16H,3-7,9-10H2. The van der Waals surface area contributed by atoms with Crippen molar-refractivity contribution in [1.29, 1.82) is 0 Å². The van der Waals surface area contributed by atoms with Gasteiger partial charge in [0.15, 0.2) is 0 Å². The molecule has 0 radical (unpaired) electrons. The van der Waals surface area contributed by atoms with Gasteiger partial charge in [0.05, 0.1) is 30.7 Å².